The lowest BCUT2D eigenvalue weighted by Gasteiger charge is -2.47. The number of hydrogen-bond acceptors (Lipinski definition) is 36. The van der Waals surface area contributed by atoms with Crippen molar-refractivity contribution in [3.63, 3.8) is 0 Å². The Labute approximate surface area is 446 Å². The van der Waals surface area contributed by atoms with E-state index in [4.69, 9.17) is 66.3 Å². The van der Waals surface area contributed by atoms with Gasteiger partial charge in [0.05, 0.1) is 46.2 Å². The van der Waals surface area contributed by atoms with Crippen molar-refractivity contribution in [2.75, 3.05) is 53.4 Å². The lowest BCUT2D eigenvalue weighted by Crippen LogP contribution is -2.66. The van der Waals surface area contributed by atoms with Crippen molar-refractivity contribution in [3.8, 4) is 0 Å². The molecule has 7 aliphatic rings. The van der Waals surface area contributed by atoms with Crippen LogP contribution in [0, 0.1) is 0 Å². The third-order valence-corrected chi connectivity index (χ3v) is 14.7. The van der Waals surface area contributed by atoms with E-state index in [1.807, 2.05) is 0 Å². The highest BCUT2D eigenvalue weighted by Crippen LogP contribution is 2.35. The molecule has 35 atom stereocenters. The van der Waals surface area contributed by atoms with Crippen molar-refractivity contribution in [2.24, 2.45) is 0 Å². The molecule has 36 heteroatoms. The topological polar surface area (TPSA) is 574 Å². The van der Waals surface area contributed by atoms with Gasteiger partial charge in [0.2, 0.25) is 0 Å². The number of aliphatic hydroxyl groups is 22. The second-order valence-electron chi connectivity index (χ2n) is 19.9. The van der Waals surface area contributed by atoms with Crippen LogP contribution in [0.3, 0.4) is 0 Å². The van der Waals surface area contributed by atoms with Crippen molar-refractivity contribution in [2.45, 2.75) is 215 Å². The minimum atomic E-state index is -2.16. The maximum Gasteiger partial charge on any atom is 0.187 e. The molecule has 0 radical (unpaired) electrons. The molecule has 36 nitrogen and oxygen atoms in total. The second kappa shape index (κ2) is 28.2. The van der Waals surface area contributed by atoms with Gasteiger partial charge < -0.3 is 179 Å². The van der Waals surface area contributed by atoms with Crippen LogP contribution in [-0.2, 0) is 66.3 Å². The first kappa shape index (κ1) is 65.1. The summed E-state index contributed by atoms with van der Waals surface area (Å²) in [5, 5.41) is 233. The molecule has 7 fully saturated rings. The largest absolute Gasteiger partial charge is 0.394 e. The number of aliphatic hydroxyl groups excluding tert-OH is 22. The Bertz CT molecular complexity index is 1700. The summed E-state index contributed by atoms with van der Waals surface area (Å²) in [6.45, 7) is -6.12. The Morgan fingerprint density at radius 3 is 0.747 bits per heavy atom. The first-order chi connectivity index (χ1) is 37.4. The normalized spacial score (nSPS) is 53.0. The predicted molar refractivity (Wildman–Crippen MR) is 237 cm³/mol. The van der Waals surface area contributed by atoms with E-state index in [1.165, 1.54) is 0 Å². The van der Waals surface area contributed by atoms with Gasteiger partial charge >= 0.3 is 0 Å². The van der Waals surface area contributed by atoms with E-state index in [1.54, 1.807) is 0 Å². The third-order valence-electron chi connectivity index (χ3n) is 14.7. The number of ether oxygens (including phenoxy) is 14. The number of methoxy groups -OCH3 is 1. The monoisotopic (exact) mass is 1170 g/mol. The van der Waals surface area contributed by atoms with Crippen LogP contribution in [0.4, 0.5) is 0 Å². The molecular formula is C43H74O36. The van der Waals surface area contributed by atoms with Crippen LogP contribution in [0.2, 0.25) is 0 Å². The van der Waals surface area contributed by atoms with Gasteiger partial charge in [0.15, 0.2) is 44.0 Å². The van der Waals surface area contributed by atoms with Gasteiger partial charge in [-0.05, 0) is 0 Å². The molecule has 462 valence electrons. The minimum absolute atomic E-state index is 0.746. The average molecular weight is 1170 g/mol. The summed E-state index contributed by atoms with van der Waals surface area (Å²) < 4.78 is 77.9. The average Bonchev–Trinajstić information content (AvgIpc) is 3.49. The molecule has 7 saturated heterocycles. The summed E-state index contributed by atoms with van der Waals surface area (Å²) >= 11 is 0. The van der Waals surface area contributed by atoms with Crippen LogP contribution in [0.25, 0.3) is 0 Å². The molecule has 22 N–H and O–H groups in total. The van der Waals surface area contributed by atoms with E-state index in [9.17, 15) is 112 Å². The van der Waals surface area contributed by atoms with Crippen LogP contribution < -0.4 is 0 Å². The summed E-state index contributed by atoms with van der Waals surface area (Å²) in [7, 11) is 1.12. The van der Waals surface area contributed by atoms with Gasteiger partial charge in [-0.2, -0.15) is 0 Å². The fourth-order valence-electron chi connectivity index (χ4n) is 9.75. The molecule has 0 bridgehead atoms. The fraction of sp³-hybridized carbons (Fsp3) is 1.00. The Kier molecular flexibility index (Phi) is 23.2. The van der Waals surface area contributed by atoms with E-state index in [-0.39, 0.29) is 0 Å². The summed E-state index contributed by atoms with van der Waals surface area (Å²) in [4.78, 5) is 0. The molecule has 0 aliphatic carbocycles. The predicted octanol–water partition coefficient (Wildman–Crippen LogP) is -15.6. The summed E-state index contributed by atoms with van der Waals surface area (Å²) in [5.41, 5.74) is 0. The third kappa shape index (κ3) is 14.0. The van der Waals surface area contributed by atoms with Gasteiger partial charge in [0.25, 0.3) is 0 Å². The molecule has 0 saturated carbocycles. The van der Waals surface area contributed by atoms with Crippen molar-refractivity contribution < 1.29 is 179 Å². The van der Waals surface area contributed by atoms with Crippen molar-refractivity contribution in [1.82, 2.24) is 0 Å². The molecule has 79 heavy (non-hydrogen) atoms. The SMILES string of the molecule is CO[C@H]1O[C@H](CO[C@@H]2O[C@H](CO[C@@H]3O[C@H](CO[C@@H]4O[C@H](CO[C@@H]5O[C@H](CO)[C@@H](O)[C@H](O)[C@H]5O)[C@@H](O)[C@H](O[C@@H]5O[C@H](CO)[C@@H](O)[C@H](O)[C@H]5O)[C@H]4O)[C@@H](O)[C@H](O)[C@H]3O)[C@@H](O)[C@H](O[C@@H]3O[C@H](CO)[C@@H](O)[C@H](O)[C@H]3O)[C@H]2O)[C@@H](O)[C@H](O)[C@H]1O. The van der Waals surface area contributed by atoms with Crippen LogP contribution in [0.15, 0.2) is 0 Å². The zero-order valence-electron chi connectivity index (χ0n) is 41.7. The maximum atomic E-state index is 11.6. The summed E-state index contributed by atoms with van der Waals surface area (Å²) in [6, 6.07) is 0. The van der Waals surface area contributed by atoms with E-state index in [0.717, 1.165) is 7.11 Å². The molecule has 0 aromatic carbocycles. The number of hydrogen-bond donors (Lipinski definition) is 22. The van der Waals surface area contributed by atoms with Crippen molar-refractivity contribution in [3.05, 3.63) is 0 Å². The van der Waals surface area contributed by atoms with E-state index >= 15 is 0 Å². The molecular weight excluding hydrogens is 1090 g/mol. The minimum Gasteiger partial charge on any atom is -0.394 e. The zero-order chi connectivity index (χ0) is 58.1. The molecule has 0 spiro atoms. The zero-order valence-corrected chi connectivity index (χ0v) is 41.7. The Balaban J connectivity index is 1.06. The Hall–Kier alpha value is -1.44. The fourth-order valence-corrected chi connectivity index (χ4v) is 9.75. The summed E-state index contributed by atoms with van der Waals surface area (Å²) in [5.74, 6) is 0. The highest BCUT2D eigenvalue weighted by Gasteiger charge is 2.56. The Morgan fingerprint density at radius 2 is 0.456 bits per heavy atom. The first-order valence-electron chi connectivity index (χ1n) is 25.0. The van der Waals surface area contributed by atoms with Gasteiger partial charge in [0, 0.05) is 7.11 Å². The van der Waals surface area contributed by atoms with Crippen LogP contribution in [0.5, 0.6) is 0 Å². The van der Waals surface area contributed by atoms with Crippen LogP contribution in [-0.4, -0.2) is 381 Å². The molecule has 7 heterocycles. The van der Waals surface area contributed by atoms with Gasteiger partial charge in [-0.3, -0.25) is 0 Å². The highest BCUT2D eigenvalue weighted by atomic mass is 16.8. The molecule has 0 unspecified atom stereocenters. The summed E-state index contributed by atoms with van der Waals surface area (Å²) in [6.07, 6.45) is -66.0. The lowest BCUT2D eigenvalue weighted by atomic mass is 9.96. The van der Waals surface area contributed by atoms with Crippen LogP contribution in [0.1, 0.15) is 0 Å². The smallest absolute Gasteiger partial charge is 0.187 e. The second-order valence-corrected chi connectivity index (χ2v) is 19.9. The first-order valence-corrected chi connectivity index (χ1v) is 25.0. The Morgan fingerprint density at radius 1 is 0.241 bits per heavy atom. The van der Waals surface area contributed by atoms with Crippen molar-refractivity contribution in [1.29, 1.82) is 0 Å². The van der Waals surface area contributed by atoms with Gasteiger partial charge in [-0.15, -0.1) is 0 Å². The molecule has 0 aromatic heterocycles. The molecule has 7 rings (SSSR count). The lowest BCUT2D eigenvalue weighted by molar-refractivity contribution is -0.375. The van der Waals surface area contributed by atoms with E-state index in [0.29, 0.717) is 0 Å². The van der Waals surface area contributed by atoms with Gasteiger partial charge in [0.1, 0.15) is 171 Å². The van der Waals surface area contributed by atoms with E-state index in [2.05, 4.69) is 0 Å². The highest BCUT2D eigenvalue weighted by molar-refractivity contribution is 4.99. The maximum absolute atomic E-state index is 11.6. The molecule has 0 aromatic rings. The van der Waals surface area contributed by atoms with Crippen molar-refractivity contribution >= 4 is 0 Å². The molecule has 0 amide bonds. The van der Waals surface area contributed by atoms with Gasteiger partial charge in [-0.25, -0.2) is 0 Å². The number of rotatable bonds is 20. The van der Waals surface area contributed by atoms with Crippen LogP contribution >= 0.6 is 0 Å². The quantitative estimate of drug-likeness (QED) is 0.0538. The molecule has 7 aliphatic heterocycles. The standard InChI is InChI=1S/C43H74O36/c1-66-37-28(59)26(57)19(50)12(74-37)5-69-40-33(64)36(79-43-32(63)25(56)18(49)11(4-46)73-43)22(53)15(77-40)8-68-39-30(61)27(58)20(51)13(75-39)6-70-41-34(65)35(78-42-31(62)24(55)17(48)10(3-45)72-42)21(52)14(76-41)7-67-38-29(60)23(54)16(47)9(2-44)71-38/h9-65H,2-8H2,1H3/t9-,10-,11-,12-,13-,14-,15-,16-,17-,18-,19-,20-,21-,22-,23+,24+,25+,26+,27+,28-,29-,30-,31-,32-,33-,34-,35+,36+,37+,38-,39-,40-,41-,42+,43+/m1/s1. The van der Waals surface area contributed by atoms with E-state index < -0.39 is 261 Å². The van der Waals surface area contributed by atoms with Gasteiger partial charge in [-0.1, -0.05) is 0 Å².